The van der Waals surface area contributed by atoms with Crippen molar-refractivity contribution in [2.75, 3.05) is 17.3 Å². The lowest BCUT2D eigenvalue weighted by molar-refractivity contribution is -0.130. The highest BCUT2D eigenvalue weighted by atomic mass is 79.9. The Morgan fingerprint density at radius 2 is 1.82 bits per heavy atom. The maximum absolute atomic E-state index is 13.7. The zero-order chi connectivity index (χ0) is 23.2. The molecular formula is C25H22BrN3O3S. The first-order valence-electron chi connectivity index (χ1n) is 10.5. The Morgan fingerprint density at radius 1 is 1.12 bits per heavy atom. The van der Waals surface area contributed by atoms with E-state index in [1.54, 1.807) is 7.11 Å². The van der Waals surface area contributed by atoms with Crippen molar-refractivity contribution in [3.05, 3.63) is 82.8 Å². The molecule has 0 aromatic heterocycles. The number of ether oxygens (including phenoxy) is 2. The van der Waals surface area contributed by atoms with E-state index < -0.39 is 11.6 Å². The van der Waals surface area contributed by atoms with Gasteiger partial charge in [0.25, 0.3) is 0 Å². The summed E-state index contributed by atoms with van der Waals surface area (Å²) in [5.41, 5.74) is 1.37. The van der Waals surface area contributed by atoms with Crippen molar-refractivity contribution in [1.29, 1.82) is 0 Å². The van der Waals surface area contributed by atoms with Gasteiger partial charge in [0.05, 0.1) is 13.2 Å². The Kier molecular flexibility index (Phi) is 5.50. The molecule has 3 atom stereocenters. The third-order valence-electron chi connectivity index (χ3n) is 6.13. The van der Waals surface area contributed by atoms with Crippen LogP contribution < -0.4 is 25.0 Å². The molecule has 0 spiro atoms. The number of carbonyl (C=O) groups excluding carboxylic acids is 1. The number of halogens is 1. The Morgan fingerprint density at radius 3 is 2.52 bits per heavy atom. The molecule has 0 aliphatic carbocycles. The number of hydrogen-bond acceptors (Lipinski definition) is 4. The summed E-state index contributed by atoms with van der Waals surface area (Å²) in [6.07, 6.45) is 0. The number of benzene rings is 3. The number of nitrogens with zero attached hydrogens (tertiary/aromatic N) is 1. The maximum Gasteiger partial charge on any atom is 0.236 e. The molecule has 2 aliphatic rings. The predicted octanol–water partition coefficient (Wildman–Crippen LogP) is 5.26. The first-order valence-corrected chi connectivity index (χ1v) is 11.7. The van der Waals surface area contributed by atoms with E-state index >= 15 is 0 Å². The monoisotopic (exact) mass is 523 g/mol. The van der Waals surface area contributed by atoms with Gasteiger partial charge in [-0.05, 0) is 73.7 Å². The predicted molar refractivity (Wildman–Crippen MR) is 136 cm³/mol. The molecule has 6 nitrogen and oxygen atoms in total. The van der Waals surface area contributed by atoms with Crippen molar-refractivity contribution in [1.82, 2.24) is 5.32 Å². The molecule has 1 amide bonds. The highest BCUT2D eigenvalue weighted by Crippen LogP contribution is 2.49. The van der Waals surface area contributed by atoms with Gasteiger partial charge in [0, 0.05) is 21.4 Å². The van der Waals surface area contributed by atoms with E-state index in [9.17, 15) is 4.79 Å². The van der Waals surface area contributed by atoms with Crippen LogP contribution >= 0.6 is 28.1 Å². The van der Waals surface area contributed by atoms with Crippen molar-refractivity contribution >= 4 is 50.5 Å². The molecule has 2 aliphatic heterocycles. The summed E-state index contributed by atoms with van der Waals surface area (Å²) in [6.45, 7) is 1.92. The number of carbonyl (C=O) groups is 1. The lowest BCUT2D eigenvalue weighted by Crippen LogP contribution is -2.72. The van der Waals surface area contributed by atoms with Gasteiger partial charge >= 0.3 is 0 Å². The molecule has 0 saturated carbocycles. The quantitative estimate of drug-likeness (QED) is 0.455. The number of fused-ring (bicyclic) bond motifs is 4. The Hall–Kier alpha value is -3.10. The number of amides is 1. The highest BCUT2D eigenvalue weighted by molar-refractivity contribution is 9.10. The van der Waals surface area contributed by atoms with Gasteiger partial charge in [-0.25, -0.2) is 0 Å². The number of thiocarbonyl (C=S) groups is 1. The number of rotatable bonds is 4. The van der Waals surface area contributed by atoms with Crippen LogP contribution in [0.3, 0.4) is 0 Å². The number of hydrogen-bond donors (Lipinski definition) is 2. The van der Waals surface area contributed by atoms with Crippen molar-refractivity contribution in [2.45, 2.75) is 18.7 Å². The molecule has 2 bridgehead atoms. The van der Waals surface area contributed by atoms with Crippen molar-refractivity contribution in [3.8, 4) is 11.5 Å². The van der Waals surface area contributed by atoms with Crippen LogP contribution in [0.15, 0.2) is 77.3 Å². The van der Waals surface area contributed by atoms with Gasteiger partial charge in [0.2, 0.25) is 5.91 Å². The normalized spacial score (nSPS) is 23.1. The molecule has 168 valence electrons. The van der Waals surface area contributed by atoms with E-state index in [1.807, 2.05) is 84.6 Å². The molecule has 5 rings (SSSR count). The molecule has 3 aromatic rings. The fourth-order valence-corrected chi connectivity index (χ4v) is 5.28. The fraction of sp³-hybridized carbons (Fsp3) is 0.200. The van der Waals surface area contributed by atoms with Gasteiger partial charge in [-0.1, -0.05) is 34.1 Å². The van der Waals surface area contributed by atoms with Crippen molar-refractivity contribution in [2.24, 2.45) is 5.92 Å². The van der Waals surface area contributed by atoms with Gasteiger partial charge in [-0.15, -0.1) is 0 Å². The average Bonchev–Trinajstić information content (AvgIpc) is 2.80. The lowest BCUT2D eigenvalue weighted by atomic mass is 9.78. The molecule has 1 fully saturated rings. The van der Waals surface area contributed by atoms with Crippen LogP contribution in [0.4, 0.5) is 11.4 Å². The number of nitrogens with one attached hydrogen (secondary N) is 2. The van der Waals surface area contributed by atoms with Gasteiger partial charge in [-0.2, -0.15) is 0 Å². The molecular weight excluding hydrogens is 502 g/mol. The van der Waals surface area contributed by atoms with Gasteiger partial charge < -0.3 is 20.1 Å². The summed E-state index contributed by atoms with van der Waals surface area (Å²) in [5, 5.41) is 6.97. The minimum Gasteiger partial charge on any atom is -0.497 e. The minimum atomic E-state index is -1.05. The summed E-state index contributed by atoms with van der Waals surface area (Å²) < 4.78 is 12.7. The van der Waals surface area contributed by atoms with Gasteiger partial charge in [-0.3, -0.25) is 9.69 Å². The van der Waals surface area contributed by atoms with Crippen LogP contribution in [0.25, 0.3) is 0 Å². The second-order valence-corrected chi connectivity index (χ2v) is 9.43. The molecule has 2 N–H and O–H groups in total. The second kappa shape index (κ2) is 8.35. The highest BCUT2D eigenvalue weighted by Gasteiger charge is 2.59. The number of para-hydroxylation sites is 1. The Balaban J connectivity index is 1.58. The summed E-state index contributed by atoms with van der Waals surface area (Å²) in [6, 6.07) is 22.5. The average molecular weight is 524 g/mol. The SMILES string of the molecule is COc1ccc(NC(=O)[C@@H]2[C@H]3NC(=S)N(c4ccc(Br)cc4)[C@@]2(C)Oc2ccccc23)cc1. The first-order chi connectivity index (χ1) is 15.9. The number of anilines is 2. The van der Waals surface area contributed by atoms with Crippen molar-refractivity contribution < 1.29 is 14.3 Å². The Labute approximate surface area is 206 Å². The van der Waals surface area contributed by atoms with E-state index in [-0.39, 0.29) is 11.9 Å². The zero-order valence-electron chi connectivity index (χ0n) is 18.0. The molecule has 3 aromatic carbocycles. The van der Waals surface area contributed by atoms with Crippen LogP contribution in [0, 0.1) is 5.92 Å². The molecule has 0 radical (unpaired) electrons. The molecule has 1 saturated heterocycles. The Bertz CT molecular complexity index is 1220. The van der Waals surface area contributed by atoms with Crippen molar-refractivity contribution in [3.63, 3.8) is 0 Å². The summed E-state index contributed by atoms with van der Waals surface area (Å²) >= 11 is 9.26. The second-order valence-electron chi connectivity index (χ2n) is 8.13. The summed E-state index contributed by atoms with van der Waals surface area (Å²) in [4.78, 5) is 15.6. The van der Waals surface area contributed by atoms with E-state index in [0.717, 1.165) is 27.2 Å². The van der Waals surface area contributed by atoms with E-state index in [0.29, 0.717) is 10.8 Å². The van der Waals surface area contributed by atoms with E-state index in [4.69, 9.17) is 21.7 Å². The molecule has 33 heavy (non-hydrogen) atoms. The maximum atomic E-state index is 13.7. The van der Waals surface area contributed by atoms with Crippen LogP contribution in [0.2, 0.25) is 0 Å². The third kappa shape index (κ3) is 3.73. The lowest BCUT2D eigenvalue weighted by Gasteiger charge is -2.56. The smallest absolute Gasteiger partial charge is 0.236 e. The van der Waals surface area contributed by atoms with Crippen LogP contribution in [-0.4, -0.2) is 23.9 Å². The molecule has 0 unspecified atom stereocenters. The van der Waals surface area contributed by atoms with Crippen LogP contribution in [0.5, 0.6) is 11.5 Å². The zero-order valence-corrected chi connectivity index (χ0v) is 20.4. The molecule has 8 heteroatoms. The minimum absolute atomic E-state index is 0.167. The third-order valence-corrected chi connectivity index (χ3v) is 6.96. The van der Waals surface area contributed by atoms with Crippen LogP contribution in [0.1, 0.15) is 18.5 Å². The fourth-order valence-electron chi connectivity index (χ4n) is 4.60. The standard InChI is InChI=1S/C25H22BrN3O3S/c1-25-21(23(30)27-16-9-13-18(31-2)14-10-16)22(19-5-3-4-6-20(19)32-25)28-24(33)29(25)17-11-7-15(26)8-12-17/h3-14,21-22H,1-2H3,(H,27,30)(H,28,33)/t21-,22-,25-/m0/s1. The van der Waals surface area contributed by atoms with Gasteiger partial charge in [0.15, 0.2) is 10.8 Å². The van der Waals surface area contributed by atoms with Gasteiger partial charge in [0.1, 0.15) is 17.4 Å². The number of methoxy groups -OCH3 is 1. The first kappa shape index (κ1) is 21.7. The van der Waals surface area contributed by atoms with Crippen LogP contribution in [-0.2, 0) is 4.79 Å². The topological polar surface area (TPSA) is 62.8 Å². The van der Waals surface area contributed by atoms with E-state index in [1.165, 1.54) is 0 Å². The summed E-state index contributed by atoms with van der Waals surface area (Å²) in [5.74, 6) is 0.694. The summed E-state index contributed by atoms with van der Waals surface area (Å²) in [7, 11) is 1.61. The van der Waals surface area contributed by atoms with E-state index in [2.05, 4.69) is 26.6 Å². The largest absolute Gasteiger partial charge is 0.497 e. The molecule has 2 heterocycles.